The molecule has 3 unspecified atom stereocenters. The highest BCUT2D eigenvalue weighted by atomic mass is 31.2. The Balaban J connectivity index is 4.16. The minimum absolute atomic E-state index is 0.0466. The second-order valence-corrected chi connectivity index (χ2v) is 16.9. The van der Waals surface area contributed by atoms with Crippen molar-refractivity contribution in [3.8, 4) is 0 Å². The highest BCUT2D eigenvalue weighted by molar-refractivity contribution is 7.47. The first-order chi connectivity index (χ1) is 27.3. The zero-order valence-corrected chi connectivity index (χ0v) is 37.0. The van der Waals surface area contributed by atoms with Crippen LogP contribution in [0.5, 0.6) is 0 Å². The second kappa shape index (κ2) is 43.3. The molecule has 330 valence electrons. The summed E-state index contributed by atoms with van der Waals surface area (Å²) in [5, 5.41) is 18.4. The van der Waals surface area contributed by atoms with Gasteiger partial charge in [-0.2, -0.15) is 0 Å². The fourth-order valence-electron chi connectivity index (χ4n) is 6.30. The number of esters is 1. The molecular weight excluding hydrogens is 727 g/mol. The molecule has 0 saturated carbocycles. The van der Waals surface area contributed by atoms with Crippen molar-refractivity contribution in [2.24, 2.45) is 0 Å². The molecule has 0 aromatic heterocycles. The number of rotatable bonds is 44. The Kier molecular flexibility index (Phi) is 42.2. The Hall–Kier alpha value is -1.32. The third kappa shape index (κ3) is 42.3. The predicted octanol–water partition coefficient (Wildman–Crippen LogP) is 12.8. The zero-order chi connectivity index (χ0) is 41.1. The van der Waals surface area contributed by atoms with Crippen LogP contribution in [-0.2, 0) is 27.9 Å². The number of hydrogen-bond donors (Lipinski definition) is 3. The zero-order valence-electron chi connectivity index (χ0n) is 36.1. The fraction of sp³-hybridized carbons (Fsp3) is 0.848. The van der Waals surface area contributed by atoms with Gasteiger partial charge in [0.05, 0.1) is 26.4 Å². The quantitative estimate of drug-likeness (QED) is 0.0238. The monoisotopic (exact) mass is 815 g/mol. The fourth-order valence-corrected chi connectivity index (χ4v) is 7.09. The summed E-state index contributed by atoms with van der Waals surface area (Å²) in [6.45, 7) is 3.50. The van der Waals surface area contributed by atoms with Crippen LogP contribution in [0, 0.1) is 0 Å². The molecule has 0 amide bonds. The molecule has 3 atom stereocenters. The molecule has 9 nitrogen and oxygen atoms in total. The first-order valence-electron chi connectivity index (χ1n) is 23.0. The van der Waals surface area contributed by atoms with Crippen LogP contribution in [0.3, 0.4) is 0 Å². The summed E-state index contributed by atoms with van der Waals surface area (Å²) in [5.74, 6) is -0.392. The number of aliphatic hydroxyl groups is 2. The molecule has 3 N–H and O–H groups in total. The molecule has 0 aromatic rings. The van der Waals surface area contributed by atoms with Crippen molar-refractivity contribution in [3.63, 3.8) is 0 Å². The standard InChI is InChI=1S/C46H87O9P/c1-3-5-7-9-11-13-15-17-19-21-22-23-24-26-28-30-32-34-36-38-46(49)55-45(43-54-56(50,51)53-41-44(48)40-47)42-52-39-37-35-33-31-29-27-25-20-18-16-14-12-10-8-6-4-2/h11,13,17,19,22-23,44-45,47-48H,3-10,12,14-16,18,20-21,24-43H2,1-2H3,(H,50,51)/b13-11-,19-17-,23-22-. The number of carbonyl (C=O) groups excluding carboxylic acids is 1. The number of unbranched alkanes of at least 4 members (excludes halogenated alkanes) is 24. The van der Waals surface area contributed by atoms with E-state index >= 15 is 0 Å². The largest absolute Gasteiger partial charge is 0.472 e. The topological polar surface area (TPSA) is 132 Å². The van der Waals surface area contributed by atoms with Crippen molar-refractivity contribution in [2.45, 2.75) is 219 Å². The number of allylic oxidation sites excluding steroid dienone is 6. The van der Waals surface area contributed by atoms with Crippen LogP contribution in [0.1, 0.15) is 206 Å². The van der Waals surface area contributed by atoms with E-state index in [-0.39, 0.29) is 19.6 Å². The average molecular weight is 815 g/mol. The lowest BCUT2D eigenvalue weighted by molar-refractivity contribution is -0.154. The smallest absolute Gasteiger partial charge is 0.457 e. The van der Waals surface area contributed by atoms with E-state index in [1.165, 1.54) is 128 Å². The van der Waals surface area contributed by atoms with Crippen LogP contribution >= 0.6 is 7.82 Å². The molecule has 0 bridgehead atoms. The predicted molar refractivity (Wildman–Crippen MR) is 233 cm³/mol. The maximum Gasteiger partial charge on any atom is 0.472 e. The summed E-state index contributed by atoms with van der Waals surface area (Å²) >= 11 is 0. The van der Waals surface area contributed by atoms with Crippen LogP contribution in [-0.4, -0.2) is 66.3 Å². The summed E-state index contributed by atoms with van der Waals surface area (Å²) in [4.78, 5) is 22.6. The summed E-state index contributed by atoms with van der Waals surface area (Å²) in [6.07, 6.45) is 46.7. The van der Waals surface area contributed by atoms with Crippen LogP contribution in [0.4, 0.5) is 0 Å². The van der Waals surface area contributed by atoms with Gasteiger partial charge in [-0.1, -0.05) is 185 Å². The van der Waals surface area contributed by atoms with Crippen molar-refractivity contribution in [2.75, 3.05) is 33.0 Å². The van der Waals surface area contributed by atoms with Crippen LogP contribution < -0.4 is 0 Å². The van der Waals surface area contributed by atoms with Gasteiger partial charge in [-0.3, -0.25) is 13.8 Å². The van der Waals surface area contributed by atoms with E-state index in [4.69, 9.17) is 23.6 Å². The number of hydrogen-bond acceptors (Lipinski definition) is 8. The van der Waals surface area contributed by atoms with E-state index in [0.29, 0.717) is 13.0 Å². The average Bonchev–Trinajstić information content (AvgIpc) is 3.19. The van der Waals surface area contributed by atoms with Gasteiger partial charge >= 0.3 is 13.8 Å². The lowest BCUT2D eigenvalue weighted by Crippen LogP contribution is -2.29. The highest BCUT2D eigenvalue weighted by Crippen LogP contribution is 2.43. The Labute approximate surface area is 344 Å². The molecule has 0 aliphatic heterocycles. The summed E-state index contributed by atoms with van der Waals surface area (Å²) in [6, 6.07) is 0. The maximum absolute atomic E-state index is 12.6. The molecule has 0 aliphatic rings. The van der Waals surface area contributed by atoms with E-state index in [1.54, 1.807) is 0 Å². The Bertz CT molecular complexity index is 970. The molecule has 0 aromatic carbocycles. The molecule has 0 rings (SSSR count). The van der Waals surface area contributed by atoms with Crippen molar-refractivity contribution in [1.29, 1.82) is 0 Å². The number of phosphoric ester groups is 1. The van der Waals surface area contributed by atoms with Crippen LogP contribution in [0.15, 0.2) is 36.5 Å². The first-order valence-corrected chi connectivity index (χ1v) is 24.5. The molecule has 10 heteroatoms. The molecule has 0 radical (unpaired) electrons. The Morgan fingerprint density at radius 3 is 1.48 bits per heavy atom. The van der Waals surface area contributed by atoms with Gasteiger partial charge in [0.25, 0.3) is 0 Å². The maximum atomic E-state index is 12.6. The van der Waals surface area contributed by atoms with Crippen molar-refractivity contribution in [3.05, 3.63) is 36.5 Å². The van der Waals surface area contributed by atoms with E-state index in [0.717, 1.165) is 51.4 Å². The lowest BCUT2D eigenvalue weighted by Gasteiger charge is -2.20. The van der Waals surface area contributed by atoms with Gasteiger partial charge in [-0.05, 0) is 51.4 Å². The van der Waals surface area contributed by atoms with E-state index in [9.17, 15) is 19.4 Å². The van der Waals surface area contributed by atoms with Crippen molar-refractivity contribution in [1.82, 2.24) is 0 Å². The molecule has 0 saturated heterocycles. The van der Waals surface area contributed by atoms with Gasteiger partial charge < -0.3 is 24.6 Å². The van der Waals surface area contributed by atoms with Gasteiger partial charge in [0.15, 0.2) is 0 Å². The van der Waals surface area contributed by atoms with E-state index in [1.807, 2.05) is 0 Å². The summed E-state index contributed by atoms with van der Waals surface area (Å²) in [7, 11) is -4.52. The van der Waals surface area contributed by atoms with E-state index in [2.05, 4.69) is 50.3 Å². The molecule has 0 heterocycles. The SMILES string of the molecule is CCCCC/C=C\C/C=C\C/C=C\CCCCCCCCC(=O)OC(COCCCCCCCCCCCCCCCCCC)COP(=O)(O)OCC(O)CO. The second-order valence-electron chi connectivity index (χ2n) is 15.4. The molecule has 0 fully saturated rings. The van der Waals surface area contributed by atoms with Crippen LogP contribution in [0.2, 0.25) is 0 Å². The minimum atomic E-state index is -4.52. The lowest BCUT2D eigenvalue weighted by atomic mass is 10.0. The van der Waals surface area contributed by atoms with Gasteiger partial charge in [0.1, 0.15) is 12.2 Å². The number of phosphoric acid groups is 1. The number of ether oxygens (including phenoxy) is 2. The molecular formula is C46H87O9P. The minimum Gasteiger partial charge on any atom is -0.457 e. The normalized spacial score (nSPS) is 14.3. The molecule has 0 spiro atoms. The van der Waals surface area contributed by atoms with Crippen molar-refractivity contribution >= 4 is 13.8 Å². The number of aliphatic hydroxyl groups excluding tert-OH is 2. The molecule has 56 heavy (non-hydrogen) atoms. The Morgan fingerprint density at radius 2 is 0.964 bits per heavy atom. The molecule has 0 aliphatic carbocycles. The van der Waals surface area contributed by atoms with Gasteiger partial charge in [0, 0.05) is 13.0 Å². The number of carbonyl (C=O) groups is 1. The van der Waals surface area contributed by atoms with Gasteiger partial charge in [0.2, 0.25) is 0 Å². The summed E-state index contributed by atoms with van der Waals surface area (Å²) < 4.78 is 33.4. The summed E-state index contributed by atoms with van der Waals surface area (Å²) in [5.41, 5.74) is 0. The van der Waals surface area contributed by atoms with E-state index < -0.39 is 39.2 Å². The van der Waals surface area contributed by atoms with Crippen molar-refractivity contribution < 1.29 is 43.0 Å². The highest BCUT2D eigenvalue weighted by Gasteiger charge is 2.26. The first kappa shape index (κ1) is 54.7. The Morgan fingerprint density at radius 1 is 0.554 bits per heavy atom. The van der Waals surface area contributed by atoms with Gasteiger partial charge in [-0.25, -0.2) is 4.57 Å². The third-order valence-electron chi connectivity index (χ3n) is 9.83. The van der Waals surface area contributed by atoms with Crippen LogP contribution in [0.25, 0.3) is 0 Å². The third-order valence-corrected chi connectivity index (χ3v) is 10.8. The van der Waals surface area contributed by atoms with Gasteiger partial charge in [-0.15, -0.1) is 0 Å².